The van der Waals surface area contributed by atoms with Crippen molar-refractivity contribution >= 4 is 43.8 Å². The van der Waals surface area contributed by atoms with Gasteiger partial charge in [0.1, 0.15) is 0 Å². The molecule has 6 nitrogen and oxygen atoms in total. The number of sulfonamides is 1. The quantitative estimate of drug-likeness (QED) is 0.729. The molecule has 2 heterocycles. The molecular weight excluding hydrogens is 384 g/mol. The van der Waals surface area contributed by atoms with Crippen LogP contribution >= 0.6 is 11.6 Å². The number of hydrogen-bond donors (Lipinski definition) is 0. The molecule has 144 valence electrons. The lowest BCUT2D eigenvalue weighted by Gasteiger charge is -2.34. The Balaban J connectivity index is 1.97. The number of nitrogens with zero attached hydrogens (tertiary/aromatic N) is 4. The summed E-state index contributed by atoms with van der Waals surface area (Å²) in [5.41, 5.74) is 1.80. The monoisotopic (exact) mass is 406 g/mol. The van der Waals surface area contributed by atoms with Crippen LogP contribution < -0.4 is 4.90 Å². The number of hydrogen-bond acceptors (Lipinski definition) is 5. The molecule has 1 aliphatic heterocycles. The highest BCUT2D eigenvalue weighted by atomic mass is 35.5. The number of rotatable bonds is 4. The van der Waals surface area contributed by atoms with Gasteiger partial charge < -0.3 is 4.90 Å². The van der Waals surface area contributed by atoms with E-state index < -0.39 is 10.0 Å². The van der Waals surface area contributed by atoms with E-state index in [1.54, 1.807) is 0 Å². The first-order chi connectivity index (χ1) is 12.8. The topological polar surface area (TPSA) is 66.4 Å². The molecule has 0 N–H and O–H groups in total. The molecule has 0 amide bonds. The second-order valence-electron chi connectivity index (χ2n) is 6.67. The van der Waals surface area contributed by atoms with E-state index in [9.17, 15) is 8.42 Å². The Hall–Kier alpha value is -1.96. The van der Waals surface area contributed by atoms with Gasteiger partial charge in [-0.2, -0.15) is 4.31 Å². The summed E-state index contributed by atoms with van der Waals surface area (Å²) in [7, 11) is -3.16. The van der Waals surface area contributed by atoms with Crippen molar-refractivity contribution in [1.82, 2.24) is 14.5 Å². The maximum atomic E-state index is 11.7. The summed E-state index contributed by atoms with van der Waals surface area (Å²) in [5, 5.41) is 11.7. The third kappa shape index (κ3) is 4.48. The van der Waals surface area contributed by atoms with Crippen LogP contribution in [0.4, 0.5) is 5.82 Å². The number of piperazine rings is 1. The maximum absolute atomic E-state index is 11.7. The molecule has 0 atom stereocenters. The Labute approximate surface area is 165 Å². The first kappa shape index (κ1) is 19.8. The van der Waals surface area contributed by atoms with E-state index in [-0.39, 0.29) is 0 Å². The van der Waals surface area contributed by atoms with Crippen LogP contribution in [0.25, 0.3) is 16.3 Å². The lowest BCUT2D eigenvalue weighted by atomic mass is 10.0. The molecule has 2 aromatic rings. The van der Waals surface area contributed by atoms with Gasteiger partial charge >= 0.3 is 0 Å². The summed E-state index contributed by atoms with van der Waals surface area (Å²) in [5.74, 6) is 0.791. The minimum atomic E-state index is -3.16. The van der Waals surface area contributed by atoms with Crippen LogP contribution in [0.15, 0.2) is 41.4 Å². The van der Waals surface area contributed by atoms with Gasteiger partial charge in [0.25, 0.3) is 0 Å². The Morgan fingerprint density at radius 2 is 1.67 bits per heavy atom. The number of halogens is 1. The predicted molar refractivity (Wildman–Crippen MR) is 111 cm³/mol. The van der Waals surface area contributed by atoms with Gasteiger partial charge in [-0.15, -0.1) is 10.2 Å². The van der Waals surface area contributed by atoms with Crippen LogP contribution in [-0.2, 0) is 10.0 Å². The maximum Gasteiger partial charge on any atom is 0.211 e. The number of allylic oxidation sites excluding steroid dienone is 4. The first-order valence-corrected chi connectivity index (χ1v) is 11.0. The molecule has 1 aliphatic rings. The lowest BCUT2D eigenvalue weighted by Crippen LogP contribution is -2.48. The zero-order chi connectivity index (χ0) is 19.6. The number of anilines is 1. The van der Waals surface area contributed by atoms with Crippen molar-refractivity contribution in [2.75, 3.05) is 37.3 Å². The van der Waals surface area contributed by atoms with Crippen LogP contribution in [0.2, 0.25) is 0 Å². The van der Waals surface area contributed by atoms with Gasteiger partial charge in [-0.05, 0) is 25.5 Å². The number of fused-ring (bicyclic) bond motifs is 1. The van der Waals surface area contributed by atoms with Gasteiger partial charge in [0.05, 0.1) is 11.9 Å². The minimum absolute atomic E-state index is 0.454. The van der Waals surface area contributed by atoms with Gasteiger partial charge in [0, 0.05) is 42.0 Å². The van der Waals surface area contributed by atoms with Crippen LogP contribution in [0.1, 0.15) is 19.5 Å². The summed E-state index contributed by atoms with van der Waals surface area (Å²) in [6.45, 7) is 5.90. The van der Waals surface area contributed by atoms with E-state index in [0.29, 0.717) is 31.2 Å². The fourth-order valence-electron chi connectivity index (χ4n) is 3.16. The fourth-order valence-corrected chi connectivity index (χ4v) is 4.05. The molecule has 8 heteroatoms. The summed E-state index contributed by atoms with van der Waals surface area (Å²) < 4.78 is 25.0. The molecule has 0 spiro atoms. The van der Waals surface area contributed by atoms with Crippen LogP contribution in [0.3, 0.4) is 0 Å². The molecule has 1 saturated heterocycles. The highest BCUT2D eigenvalue weighted by Crippen LogP contribution is 2.29. The standard InChI is InChI=1S/C19H23ClN4O2S/c1-14(8-9-15(2)20)18-16-6-4-5-7-17(16)19(22-21-18)23-10-12-24(13-11-23)27(3,25)26/h4-9H,10-13H2,1-3H3/b14-8+,15-9+. The summed E-state index contributed by atoms with van der Waals surface area (Å²) in [4.78, 5) is 2.10. The third-order valence-electron chi connectivity index (χ3n) is 4.61. The minimum Gasteiger partial charge on any atom is -0.352 e. The van der Waals surface area contributed by atoms with Gasteiger partial charge in [-0.25, -0.2) is 8.42 Å². The first-order valence-electron chi connectivity index (χ1n) is 8.74. The van der Waals surface area contributed by atoms with Gasteiger partial charge in [-0.1, -0.05) is 41.9 Å². The summed E-state index contributed by atoms with van der Waals surface area (Å²) in [6, 6.07) is 8.02. The Morgan fingerprint density at radius 3 is 2.26 bits per heavy atom. The molecule has 3 rings (SSSR count). The van der Waals surface area contributed by atoms with Crippen LogP contribution in [0.5, 0.6) is 0 Å². The van der Waals surface area contributed by atoms with E-state index in [1.807, 2.05) is 50.3 Å². The Kier molecular flexibility index (Phi) is 5.83. The molecule has 0 radical (unpaired) electrons. The molecule has 27 heavy (non-hydrogen) atoms. The molecule has 1 aromatic heterocycles. The molecule has 0 bridgehead atoms. The van der Waals surface area contributed by atoms with Crippen molar-refractivity contribution in [2.45, 2.75) is 13.8 Å². The van der Waals surface area contributed by atoms with E-state index in [2.05, 4.69) is 15.1 Å². The molecule has 0 unspecified atom stereocenters. The average molecular weight is 407 g/mol. The van der Waals surface area contributed by atoms with E-state index in [0.717, 1.165) is 27.9 Å². The van der Waals surface area contributed by atoms with Crippen LogP contribution in [-0.4, -0.2) is 55.4 Å². The average Bonchev–Trinajstić information content (AvgIpc) is 2.64. The highest BCUT2D eigenvalue weighted by molar-refractivity contribution is 7.88. The summed E-state index contributed by atoms with van der Waals surface area (Å²) in [6.07, 6.45) is 5.02. The van der Waals surface area contributed by atoms with E-state index >= 15 is 0 Å². The van der Waals surface area contributed by atoms with Gasteiger partial charge in [0.15, 0.2) is 5.82 Å². The molecule has 0 aliphatic carbocycles. The Morgan fingerprint density at radius 1 is 1.04 bits per heavy atom. The predicted octanol–water partition coefficient (Wildman–Crippen LogP) is 3.26. The largest absolute Gasteiger partial charge is 0.352 e. The van der Waals surface area contributed by atoms with E-state index in [1.165, 1.54) is 10.6 Å². The van der Waals surface area contributed by atoms with Crippen molar-refractivity contribution in [3.8, 4) is 0 Å². The van der Waals surface area contributed by atoms with Gasteiger partial charge in [0.2, 0.25) is 10.0 Å². The van der Waals surface area contributed by atoms with Crippen molar-refractivity contribution in [1.29, 1.82) is 0 Å². The normalized spacial score (nSPS) is 17.6. The second-order valence-corrected chi connectivity index (χ2v) is 9.25. The zero-order valence-corrected chi connectivity index (χ0v) is 17.3. The zero-order valence-electron chi connectivity index (χ0n) is 15.7. The summed E-state index contributed by atoms with van der Waals surface area (Å²) >= 11 is 5.93. The SMILES string of the molecule is C/C(Cl)=C\C=C(/C)c1nnc(N2CCN(S(C)(=O)=O)CC2)c2ccccc12. The molecule has 1 aromatic carbocycles. The molecule has 1 fully saturated rings. The lowest BCUT2D eigenvalue weighted by molar-refractivity contribution is 0.387. The Bertz CT molecular complexity index is 1010. The molecular formula is C19H23ClN4O2S. The van der Waals surface area contributed by atoms with Crippen molar-refractivity contribution in [3.05, 3.63) is 47.1 Å². The van der Waals surface area contributed by atoms with Crippen molar-refractivity contribution in [3.63, 3.8) is 0 Å². The smallest absolute Gasteiger partial charge is 0.211 e. The highest BCUT2D eigenvalue weighted by Gasteiger charge is 2.25. The second kappa shape index (κ2) is 7.96. The van der Waals surface area contributed by atoms with Crippen molar-refractivity contribution in [2.24, 2.45) is 0 Å². The fraction of sp³-hybridized carbons (Fsp3) is 0.368. The van der Waals surface area contributed by atoms with Crippen LogP contribution in [0, 0.1) is 0 Å². The number of benzene rings is 1. The van der Waals surface area contributed by atoms with Crippen molar-refractivity contribution < 1.29 is 8.42 Å². The van der Waals surface area contributed by atoms with Gasteiger partial charge in [-0.3, -0.25) is 0 Å². The molecule has 0 saturated carbocycles. The number of aromatic nitrogens is 2. The third-order valence-corrected chi connectivity index (χ3v) is 6.04. The van der Waals surface area contributed by atoms with E-state index in [4.69, 9.17) is 11.6 Å².